The average molecular weight is 429 g/mol. The summed E-state index contributed by atoms with van der Waals surface area (Å²) in [6.45, 7) is 6.03. The molecule has 23 heavy (non-hydrogen) atoms. The van der Waals surface area contributed by atoms with Gasteiger partial charge in [-0.3, -0.25) is 0 Å². The summed E-state index contributed by atoms with van der Waals surface area (Å²) in [4.78, 5) is 4.19. The number of nitrogens with one attached hydrogen (secondary N) is 1. The molecule has 0 saturated carbocycles. The van der Waals surface area contributed by atoms with Crippen LogP contribution in [-0.4, -0.2) is 17.6 Å². The Kier molecular flexibility index (Phi) is 7.08. The van der Waals surface area contributed by atoms with Crippen LogP contribution in [0.4, 0.5) is 5.69 Å². The summed E-state index contributed by atoms with van der Waals surface area (Å²) in [5.74, 6) is 1.16. The summed E-state index contributed by atoms with van der Waals surface area (Å²) in [5.41, 5.74) is 6.81. The molecule has 1 heterocycles. The first-order valence-corrected chi connectivity index (χ1v) is 7.32. The summed E-state index contributed by atoms with van der Waals surface area (Å²) in [6, 6.07) is 11.5. The fraction of sp³-hybridized carbons (Fsp3) is 0.353. The van der Waals surface area contributed by atoms with Gasteiger partial charge in [0.1, 0.15) is 11.4 Å². The number of aliphatic imine (C=N–C) groups is 1. The van der Waals surface area contributed by atoms with Crippen molar-refractivity contribution >= 4 is 35.6 Å². The molecular formula is C17H24IN3O2. The van der Waals surface area contributed by atoms with Gasteiger partial charge in [-0.1, -0.05) is 26.0 Å². The molecule has 0 aliphatic heterocycles. The third-order valence-electron chi connectivity index (χ3n) is 3.43. The lowest BCUT2D eigenvalue weighted by molar-refractivity contribution is 0.0438. The van der Waals surface area contributed by atoms with E-state index in [1.54, 1.807) is 19.1 Å². The number of nitrogens with zero attached hydrogens (tertiary/aromatic N) is 1. The van der Waals surface area contributed by atoms with E-state index < -0.39 is 5.60 Å². The van der Waals surface area contributed by atoms with Crippen molar-refractivity contribution in [2.24, 2.45) is 10.7 Å². The summed E-state index contributed by atoms with van der Waals surface area (Å²) in [5, 5.41) is 13.4. The van der Waals surface area contributed by atoms with Gasteiger partial charge in [0.05, 0.1) is 12.8 Å². The zero-order valence-corrected chi connectivity index (χ0v) is 15.9. The Balaban J connectivity index is 0.00000264. The number of benzene rings is 1. The number of nitrogens with two attached hydrogens (primary N) is 1. The minimum Gasteiger partial charge on any atom is -0.466 e. The topological polar surface area (TPSA) is 83.8 Å². The highest BCUT2D eigenvalue weighted by Crippen LogP contribution is 2.21. The van der Waals surface area contributed by atoms with Crippen molar-refractivity contribution in [3.8, 4) is 0 Å². The number of halogens is 1. The fourth-order valence-electron chi connectivity index (χ4n) is 2.07. The van der Waals surface area contributed by atoms with Crippen LogP contribution >= 0.6 is 24.0 Å². The Morgan fingerprint density at radius 1 is 1.35 bits per heavy atom. The Labute approximate surface area is 154 Å². The third kappa shape index (κ3) is 5.54. The van der Waals surface area contributed by atoms with Gasteiger partial charge in [0.2, 0.25) is 0 Å². The second kappa shape index (κ2) is 8.35. The lowest BCUT2D eigenvalue weighted by Gasteiger charge is -2.18. The molecule has 0 saturated heterocycles. The van der Waals surface area contributed by atoms with Gasteiger partial charge in [0, 0.05) is 5.69 Å². The van der Waals surface area contributed by atoms with Crippen LogP contribution in [0.25, 0.3) is 0 Å². The first-order chi connectivity index (χ1) is 10.4. The molecule has 1 aromatic carbocycles. The van der Waals surface area contributed by atoms with Crippen molar-refractivity contribution in [1.29, 1.82) is 0 Å². The number of furan rings is 1. The number of guanidine groups is 1. The van der Waals surface area contributed by atoms with Crippen LogP contribution < -0.4 is 11.1 Å². The van der Waals surface area contributed by atoms with Crippen LogP contribution in [0.15, 0.2) is 52.1 Å². The molecule has 0 bridgehead atoms. The van der Waals surface area contributed by atoms with Crippen LogP contribution in [0.5, 0.6) is 0 Å². The standard InChI is InChI=1S/C17H23N3O2.HI/c1-12(2)13-6-4-7-14(10-13)20-16(18)19-11-17(3,21)15-8-5-9-22-15;/h4-10,12,21H,11H2,1-3H3,(H3,18,19,20);1H. The number of rotatable bonds is 5. The maximum Gasteiger partial charge on any atom is 0.193 e. The summed E-state index contributed by atoms with van der Waals surface area (Å²) in [6.07, 6.45) is 1.52. The monoisotopic (exact) mass is 429 g/mol. The molecule has 0 aliphatic rings. The minimum absolute atomic E-state index is 0. The van der Waals surface area contributed by atoms with E-state index in [1.165, 1.54) is 11.8 Å². The summed E-state index contributed by atoms with van der Waals surface area (Å²) in [7, 11) is 0. The van der Waals surface area contributed by atoms with E-state index in [9.17, 15) is 5.11 Å². The van der Waals surface area contributed by atoms with Crippen molar-refractivity contribution in [1.82, 2.24) is 0 Å². The largest absolute Gasteiger partial charge is 0.466 e. The maximum atomic E-state index is 10.3. The van der Waals surface area contributed by atoms with Crippen LogP contribution in [0, 0.1) is 0 Å². The summed E-state index contributed by atoms with van der Waals surface area (Å²) < 4.78 is 5.21. The molecule has 1 atom stereocenters. The number of hydrogen-bond donors (Lipinski definition) is 3. The lowest BCUT2D eigenvalue weighted by Crippen LogP contribution is -2.29. The normalized spacial score (nSPS) is 14.2. The fourth-order valence-corrected chi connectivity index (χ4v) is 2.07. The van der Waals surface area contributed by atoms with E-state index in [0.29, 0.717) is 11.7 Å². The Morgan fingerprint density at radius 2 is 2.09 bits per heavy atom. The predicted octanol–water partition coefficient (Wildman–Crippen LogP) is 3.66. The van der Waals surface area contributed by atoms with Crippen molar-refractivity contribution in [3.63, 3.8) is 0 Å². The van der Waals surface area contributed by atoms with E-state index in [1.807, 2.05) is 18.2 Å². The van der Waals surface area contributed by atoms with Crippen molar-refractivity contribution in [3.05, 3.63) is 54.0 Å². The molecular weight excluding hydrogens is 405 g/mol. The van der Waals surface area contributed by atoms with E-state index in [4.69, 9.17) is 10.2 Å². The minimum atomic E-state index is -1.18. The quantitative estimate of drug-likeness (QED) is 0.385. The second-order valence-corrected chi connectivity index (χ2v) is 5.86. The van der Waals surface area contributed by atoms with Crippen molar-refractivity contribution < 1.29 is 9.52 Å². The van der Waals surface area contributed by atoms with Gasteiger partial charge in [-0.05, 0) is 42.7 Å². The zero-order chi connectivity index (χ0) is 16.2. The third-order valence-corrected chi connectivity index (χ3v) is 3.43. The average Bonchev–Trinajstić information content (AvgIpc) is 3.00. The highest BCUT2D eigenvalue weighted by atomic mass is 127. The van der Waals surface area contributed by atoms with Gasteiger partial charge in [0.25, 0.3) is 0 Å². The Morgan fingerprint density at radius 3 is 2.70 bits per heavy atom. The number of aliphatic hydroxyl groups is 1. The van der Waals surface area contributed by atoms with Gasteiger partial charge in [-0.15, -0.1) is 24.0 Å². The molecule has 0 fully saturated rings. The van der Waals surface area contributed by atoms with Gasteiger partial charge < -0.3 is 20.6 Å². The maximum absolute atomic E-state index is 10.3. The number of hydrogen-bond acceptors (Lipinski definition) is 3. The first-order valence-electron chi connectivity index (χ1n) is 7.32. The molecule has 2 rings (SSSR count). The van der Waals surface area contributed by atoms with E-state index >= 15 is 0 Å². The van der Waals surface area contributed by atoms with Gasteiger partial charge in [0.15, 0.2) is 5.96 Å². The molecule has 6 heteroatoms. The first kappa shape index (κ1) is 19.5. The molecule has 0 spiro atoms. The second-order valence-electron chi connectivity index (χ2n) is 5.86. The Hall–Kier alpha value is -1.54. The van der Waals surface area contributed by atoms with Crippen LogP contribution in [0.3, 0.4) is 0 Å². The number of anilines is 1. The molecule has 1 unspecified atom stereocenters. The van der Waals surface area contributed by atoms with E-state index in [-0.39, 0.29) is 36.5 Å². The van der Waals surface area contributed by atoms with Crippen LogP contribution in [0.2, 0.25) is 0 Å². The molecule has 1 aromatic heterocycles. The highest BCUT2D eigenvalue weighted by Gasteiger charge is 2.25. The van der Waals surface area contributed by atoms with Crippen molar-refractivity contribution in [2.75, 3.05) is 11.9 Å². The lowest BCUT2D eigenvalue weighted by atomic mass is 10.0. The highest BCUT2D eigenvalue weighted by molar-refractivity contribution is 14.0. The molecule has 0 aliphatic carbocycles. The zero-order valence-electron chi connectivity index (χ0n) is 13.6. The molecule has 4 N–H and O–H groups in total. The van der Waals surface area contributed by atoms with E-state index in [2.05, 4.69) is 30.2 Å². The van der Waals surface area contributed by atoms with Crippen LogP contribution in [-0.2, 0) is 5.60 Å². The molecule has 126 valence electrons. The Bertz CT molecular complexity index is 637. The molecule has 5 nitrogen and oxygen atoms in total. The van der Waals surface area contributed by atoms with Crippen LogP contribution in [0.1, 0.15) is 38.0 Å². The van der Waals surface area contributed by atoms with Gasteiger partial charge in [-0.2, -0.15) is 0 Å². The SMILES string of the molecule is CC(C)c1cccc(NC(N)=NCC(C)(O)c2ccco2)c1.I. The molecule has 0 radical (unpaired) electrons. The van der Waals surface area contributed by atoms with E-state index in [0.717, 1.165) is 5.69 Å². The smallest absolute Gasteiger partial charge is 0.193 e. The molecule has 2 aromatic rings. The predicted molar refractivity (Wildman–Crippen MR) is 104 cm³/mol. The van der Waals surface area contributed by atoms with Gasteiger partial charge >= 0.3 is 0 Å². The molecule has 0 amide bonds. The van der Waals surface area contributed by atoms with Crippen molar-refractivity contribution in [2.45, 2.75) is 32.3 Å². The van der Waals surface area contributed by atoms with Gasteiger partial charge in [-0.25, -0.2) is 4.99 Å². The summed E-state index contributed by atoms with van der Waals surface area (Å²) >= 11 is 0.